The van der Waals surface area contributed by atoms with Gasteiger partial charge in [-0.05, 0) is 55.5 Å². The van der Waals surface area contributed by atoms with Crippen LogP contribution in [0.25, 0.3) is 0 Å². The van der Waals surface area contributed by atoms with Crippen LogP contribution in [0.15, 0.2) is 77.7 Å². The predicted molar refractivity (Wildman–Crippen MR) is 135 cm³/mol. The Labute approximate surface area is 203 Å². The van der Waals surface area contributed by atoms with E-state index in [1.807, 2.05) is 43.3 Å². The molecule has 8 heteroatoms. The minimum absolute atomic E-state index is 0.148. The van der Waals surface area contributed by atoms with Crippen molar-refractivity contribution in [2.24, 2.45) is 0 Å². The van der Waals surface area contributed by atoms with Crippen molar-refractivity contribution < 1.29 is 19.1 Å². The summed E-state index contributed by atoms with van der Waals surface area (Å²) in [6.45, 7) is 2.54. The van der Waals surface area contributed by atoms with E-state index >= 15 is 0 Å². The Balaban J connectivity index is 1.46. The van der Waals surface area contributed by atoms with E-state index in [0.717, 1.165) is 11.3 Å². The molecule has 0 spiro atoms. The van der Waals surface area contributed by atoms with Gasteiger partial charge in [0.25, 0.3) is 11.8 Å². The number of rotatable bonds is 10. The van der Waals surface area contributed by atoms with Crippen molar-refractivity contribution in [1.29, 1.82) is 0 Å². The molecule has 0 atom stereocenters. The van der Waals surface area contributed by atoms with Crippen molar-refractivity contribution in [2.75, 3.05) is 31.3 Å². The molecule has 0 unspecified atom stereocenters. The zero-order valence-corrected chi connectivity index (χ0v) is 19.9. The second kappa shape index (κ2) is 12.5. The van der Waals surface area contributed by atoms with Crippen LogP contribution in [0.5, 0.6) is 5.75 Å². The molecule has 7 nitrogen and oxygen atoms in total. The highest BCUT2D eigenvalue weighted by Gasteiger charge is 2.13. The number of carbonyl (C=O) groups is 3. The van der Waals surface area contributed by atoms with Crippen LogP contribution in [-0.4, -0.2) is 43.7 Å². The van der Waals surface area contributed by atoms with Crippen LogP contribution in [0.2, 0.25) is 0 Å². The molecule has 176 valence electrons. The molecule has 3 aromatic carbocycles. The zero-order valence-electron chi connectivity index (χ0n) is 19.1. The van der Waals surface area contributed by atoms with Gasteiger partial charge >= 0.3 is 0 Å². The average molecular weight is 478 g/mol. The van der Waals surface area contributed by atoms with E-state index in [1.165, 1.54) is 11.8 Å². The summed E-state index contributed by atoms with van der Waals surface area (Å²) in [6.07, 6.45) is 0. The fourth-order valence-corrected chi connectivity index (χ4v) is 3.90. The third-order valence-electron chi connectivity index (χ3n) is 4.87. The summed E-state index contributed by atoms with van der Waals surface area (Å²) >= 11 is 1.30. The number of nitrogens with one attached hydrogen (secondary N) is 3. The number of carbonyl (C=O) groups excluding carboxylic acids is 3. The van der Waals surface area contributed by atoms with Gasteiger partial charge < -0.3 is 20.7 Å². The van der Waals surface area contributed by atoms with E-state index in [4.69, 9.17) is 4.74 Å². The SMILES string of the molecule is COc1ccc(C(=O)NCCNC(=O)c2ccccc2SCC(=O)Nc2ccc(C)cc2)cc1. The lowest BCUT2D eigenvalue weighted by molar-refractivity contribution is -0.113. The van der Waals surface area contributed by atoms with E-state index in [9.17, 15) is 14.4 Å². The fraction of sp³-hybridized carbons (Fsp3) is 0.192. The molecule has 3 rings (SSSR count). The maximum Gasteiger partial charge on any atom is 0.252 e. The summed E-state index contributed by atoms with van der Waals surface area (Å²) in [6, 6.07) is 21.5. The number of methoxy groups -OCH3 is 1. The average Bonchev–Trinajstić information content (AvgIpc) is 2.86. The molecule has 34 heavy (non-hydrogen) atoms. The lowest BCUT2D eigenvalue weighted by atomic mass is 10.2. The minimum Gasteiger partial charge on any atom is -0.497 e. The molecular formula is C26H27N3O4S. The van der Waals surface area contributed by atoms with E-state index in [-0.39, 0.29) is 36.6 Å². The van der Waals surface area contributed by atoms with Gasteiger partial charge in [0.1, 0.15) is 5.75 Å². The van der Waals surface area contributed by atoms with Gasteiger partial charge in [0.15, 0.2) is 0 Å². The van der Waals surface area contributed by atoms with Crippen molar-refractivity contribution >= 4 is 35.2 Å². The van der Waals surface area contributed by atoms with Gasteiger partial charge in [0, 0.05) is 29.2 Å². The van der Waals surface area contributed by atoms with E-state index in [0.29, 0.717) is 21.8 Å². The monoisotopic (exact) mass is 477 g/mol. The highest BCUT2D eigenvalue weighted by atomic mass is 32.2. The van der Waals surface area contributed by atoms with Crippen molar-refractivity contribution in [3.63, 3.8) is 0 Å². The summed E-state index contributed by atoms with van der Waals surface area (Å²) in [5.41, 5.74) is 2.85. The summed E-state index contributed by atoms with van der Waals surface area (Å²) < 4.78 is 5.08. The van der Waals surface area contributed by atoms with Crippen LogP contribution >= 0.6 is 11.8 Å². The molecule has 0 bridgehead atoms. The highest BCUT2D eigenvalue weighted by Crippen LogP contribution is 2.23. The third-order valence-corrected chi connectivity index (χ3v) is 5.95. The van der Waals surface area contributed by atoms with Crippen LogP contribution < -0.4 is 20.7 Å². The Morgan fingerprint density at radius 2 is 1.47 bits per heavy atom. The van der Waals surface area contributed by atoms with Crippen LogP contribution in [0.4, 0.5) is 5.69 Å². The van der Waals surface area contributed by atoms with Crippen molar-refractivity contribution in [1.82, 2.24) is 10.6 Å². The molecule has 0 aromatic heterocycles. The molecule has 0 aliphatic rings. The third kappa shape index (κ3) is 7.38. The van der Waals surface area contributed by atoms with Crippen LogP contribution in [0, 0.1) is 6.92 Å². The summed E-state index contributed by atoms with van der Waals surface area (Å²) in [7, 11) is 1.56. The van der Waals surface area contributed by atoms with Gasteiger partial charge in [-0.15, -0.1) is 11.8 Å². The summed E-state index contributed by atoms with van der Waals surface area (Å²) in [5, 5.41) is 8.43. The molecule has 0 heterocycles. The van der Waals surface area contributed by atoms with Gasteiger partial charge in [-0.1, -0.05) is 29.8 Å². The zero-order chi connectivity index (χ0) is 24.3. The van der Waals surface area contributed by atoms with Crippen LogP contribution in [0.1, 0.15) is 26.3 Å². The number of anilines is 1. The molecule has 0 saturated carbocycles. The Morgan fingerprint density at radius 1 is 0.824 bits per heavy atom. The molecule has 3 aromatic rings. The van der Waals surface area contributed by atoms with Gasteiger partial charge in [-0.3, -0.25) is 14.4 Å². The fourth-order valence-electron chi connectivity index (χ4n) is 3.05. The second-order valence-corrected chi connectivity index (χ2v) is 8.46. The normalized spacial score (nSPS) is 10.3. The first-order valence-electron chi connectivity index (χ1n) is 10.7. The number of amides is 3. The van der Waals surface area contributed by atoms with Gasteiger partial charge in [-0.25, -0.2) is 0 Å². The van der Waals surface area contributed by atoms with Crippen molar-refractivity contribution in [3.8, 4) is 5.75 Å². The smallest absolute Gasteiger partial charge is 0.252 e. The molecule has 0 radical (unpaired) electrons. The second-order valence-electron chi connectivity index (χ2n) is 7.44. The Morgan fingerprint density at radius 3 is 2.15 bits per heavy atom. The van der Waals surface area contributed by atoms with Crippen molar-refractivity contribution in [3.05, 3.63) is 89.5 Å². The Kier molecular flexibility index (Phi) is 9.11. The molecule has 0 fully saturated rings. The Bertz CT molecular complexity index is 1130. The standard InChI is InChI=1S/C26H27N3O4S/c1-18-7-11-20(12-8-18)29-24(30)17-34-23-6-4-3-5-22(23)26(32)28-16-15-27-25(31)19-9-13-21(33-2)14-10-19/h3-14H,15-17H2,1-2H3,(H,27,31)(H,28,32)(H,29,30). The van der Waals surface area contributed by atoms with Gasteiger partial charge in [0.2, 0.25) is 5.91 Å². The van der Waals surface area contributed by atoms with Crippen molar-refractivity contribution in [2.45, 2.75) is 11.8 Å². The molecule has 3 amide bonds. The van der Waals surface area contributed by atoms with Gasteiger partial charge in [-0.2, -0.15) is 0 Å². The first kappa shape index (κ1) is 24.9. The van der Waals surface area contributed by atoms with Crippen LogP contribution in [0.3, 0.4) is 0 Å². The lowest BCUT2D eigenvalue weighted by Gasteiger charge is -2.11. The minimum atomic E-state index is -0.263. The number of hydrogen-bond acceptors (Lipinski definition) is 5. The number of ether oxygens (including phenoxy) is 1. The molecule has 0 saturated heterocycles. The van der Waals surface area contributed by atoms with E-state index in [2.05, 4.69) is 16.0 Å². The van der Waals surface area contributed by atoms with Crippen LogP contribution in [-0.2, 0) is 4.79 Å². The molecule has 3 N–H and O–H groups in total. The maximum absolute atomic E-state index is 12.7. The topological polar surface area (TPSA) is 96.5 Å². The van der Waals surface area contributed by atoms with E-state index < -0.39 is 0 Å². The quantitative estimate of drug-likeness (QED) is 0.304. The van der Waals surface area contributed by atoms with E-state index in [1.54, 1.807) is 43.5 Å². The highest BCUT2D eigenvalue weighted by molar-refractivity contribution is 8.00. The molecule has 0 aliphatic heterocycles. The Hall–Kier alpha value is -3.78. The molecule has 0 aliphatic carbocycles. The number of hydrogen-bond donors (Lipinski definition) is 3. The molecular weight excluding hydrogens is 450 g/mol. The number of benzene rings is 3. The lowest BCUT2D eigenvalue weighted by Crippen LogP contribution is -2.34. The number of aryl methyl sites for hydroxylation is 1. The number of thioether (sulfide) groups is 1. The van der Waals surface area contributed by atoms with Gasteiger partial charge in [0.05, 0.1) is 18.4 Å². The predicted octanol–water partition coefficient (Wildman–Crippen LogP) is 3.89. The largest absolute Gasteiger partial charge is 0.497 e. The summed E-state index contributed by atoms with van der Waals surface area (Å²) in [5.74, 6) is 0.210. The first-order chi connectivity index (χ1) is 16.5. The summed E-state index contributed by atoms with van der Waals surface area (Å²) in [4.78, 5) is 37.9. The maximum atomic E-state index is 12.7. The first-order valence-corrected chi connectivity index (χ1v) is 11.7.